The van der Waals surface area contributed by atoms with Crippen molar-refractivity contribution in [2.24, 2.45) is 0 Å². The van der Waals surface area contributed by atoms with Crippen molar-refractivity contribution < 1.29 is 13.5 Å². The number of nitrogens with two attached hydrogens (primary N) is 1. The van der Waals surface area contributed by atoms with Crippen LogP contribution in [-0.4, -0.2) is 40.8 Å². The molecule has 0 saturated carbocycles. The van der Waals surface area contributed by atoms with E-state index in [0.717, 1.165) is 0 Å². The Morgan fingerprint density at radius 2 is 2.03 bits per heavy atom. The minimum atomic E-state index is -2.17. The molecule has 0 aliphatic heterocycles. The fourth-order valence-corrected chi connectivity index (χ4v) is 2.86. The summed E-state index contributed by atoms with van der Waals surface area (Å²) in [4.78, 5) is 20.9. The third-order valence-electron chi connectivity index (χ3n) is 3.66. The van der Waals surface area contributed by atoms with Gasteiger partial charge >= 0.3 is 0 Å². The second-order valence-corrected chi connectivity index (χ2v) is 6.85. The summed E-state index contributed by atoms with van der Waals surface area (Å²) in [6, 6.07) is 3.39. The van der Waals surface area contributed by atoms with Gasteiger partial charge in [-0.15, -0.1) is 0 Å². The first-order valence-corrected chi connectivity index (χ1v) is 9.62. The number of halogens is 1. The zero-order valence-electron chi connectivity index (χ0n) is 15.4. The van der Waals surface area contributed by atoms with E-state index in [2.05, 4.69) is 35.0 Å². The maximum Gasteiger partial charge on any atom is 0.232 e. The summed E-state index contributed by atoms with van der Waals surface area (Å²) in [6.07, 6.45) is 3.04. The number of ether oxygens (including phenoxy) is 1. The summed E-state index contributed by atoms with van der Waals surface area (Å²) in [5.41, 5.74) is 7.36. The Morgan fingerprint density at radius 1 is 1.24 bits per heavy atom. The molecule has 0 aromatic carbocycles. The average Bonchev–Trinajstić information content (AvgIpc) is 2.67. The van der Waals surface area contributed by atoms with Crippen LogP contribution >= 0.6 is 11.6 Å². The Morgan fingerprint density at radius 3 is 2.72 bits per heavy atom. The van der Waals surface area contributed by atoms with Crippen molar-refractivity contribution in [1.82, 2.24) is 29.6 Å². The van der Waals surface area contributed by atoms with Crippen LogP contribution in [0, 0.1) is 6.92 Å². The van der Waals surface area contributed by atoms with E-state index in [1.54, 1.807) is 19.1 Å². The zero-order chi connectivity index (χ0) is 21.0. The zero-order valence-corrected chi connectivity index (χ0v) is 17.0. The van der Waals surface area contributed by atoms with Gasteiger partial charge in [0.2, 0.25) is 17.2 Å². The predicted octanol–water partition coefficient (Wildman–Crippen LogP) is 1.85. The Kier molecular flexibility index (Phi) is 6.49. The standard InChI is InChI=1S/C16H17ClN8O3S/c1-8-22-15(25-16(18)23-8)12-4-11(28-2)7-20-14(12)24-10-3-9(5-21-29(26)27)13(17)19-6-10/h3-4,6-7,21H,5H2,1-2H3,(H,20,24)(H,26,27)(H2,18,22,23,25). The van der Waals surface area contributed by atoms with Crippen molar-refractivity contribution in [3.63, 3.8) is 0 Å². The molecule has 11 nitrogen and oxygen atoms in total. The lowest BCUT2D eigenvalue weighted by molar-refractivity contribution is 0.413. The molecular formula is C16H17ClN8O3S. The molecule has 1 unspecified atom stereocenters. The van der Waals surface area contributed by atoms with Crippen LogP contribution in [0.4, 0.5) is 17.5 Å². The van der Waals surface area contributed by atoms with Crippen molar-refractivity contribution in [2.75, 3.05) is 18.2 Å². The molecular weight excluding hydrogens is 420 g/mol. The molecule has 0 fully saturated rings. The molecule has 3 heterocycles. The van der Waals surface area contributed by atoms with E-state index >= 15 is 0 Å². The molecule has 1 atom stereocenters. The van der Waals surface area contributed by atoms with Crippen molar-refractivity contribution in [3.05, 3.63) is 41.1 Å². The molecule has 0 spiro atoms. The van der Waals surface area contributed by atoms with Gasteiger partial charge in [-0.05, 0) is 19.1 Å². The van der Waals surface area contributed by atoms with E-state index in [-0.39, 0.29) is 17.6 Å². The second kappa shape index (κ2) is 9.05. The van der Waals surface area contributed by atoms with Gasteiger partial charge in [0.05, 0.1) is 30.8 Å². The lowest BCUT2D eigenvalue weighted by Crippen LogP contribution is -2.16. The van der Waals surface area contributed by atoms with Gasteiger partial charge in [0.25, 0.3) is 0 Å². The van der Waals surface area contributed by atoms with Gasteiger partial charge in [0.1, 0.15) is 22.5 Å². The van der Waals surface area contributed by atoms with Gasteiger partial charge < -0.3 is 15.8 Å². The lowest BCUT2D eigenvalue weighted by Gasteiger charge is -2.13. The fourth-order valence-electron chi connectivity index (χ4n) is 2.41. The fraction of sp³-hybridized carbons (Fsp3) is 0.188. The van der Waals surface area contributed by atoms with Crippen LogP contribution in [0.15, 0.2) is 24.5 Å². The highest BCUT2D eigenvalue weighted by Crippen LogP contribution is 2.30. The van der Waals surface area contributed by atoms with E-state index in [1.165, 1.54) is 19.5 Å². The van der Waals surface area contributed by atoms with Crippen LogP contribution < -0.4 is 20.5 Å². The first-order chi connectivity index (χ1) is 13.9. The number of methoxy groups -OCH3 is 1. The van der Waals surface area contributed by atoms with Crippen LogP contribution in [-0.2, 0) is 17.8 Å². The number of anilines is 3. The molecule has 0 saturated heterocycles. The summed E-state index contributed by atoms with van der Waals surface area (Å²) in [7, 11) is 1.52. The highest BCUT2D eigenvalue weighted by molar-refractivity contribution is 7.77. The van der Waals surface area contributed by atoms with E-state index < -0.39 is 11.3 Å². The maximum atomic E-state index is 10.8. The smallest absolute Gasteiger partial charge is 0.232 e. The first-order valence-electron chi connectivity index (χ1n) is 8.14. The van der Waals surface area contributed by atoms with Crippen LogP contribution in [0.5, 0.6) is 5.75 Å². The Bertz CT molecular complexity index is 1050. The summed E-state index contributed by atoms with van der Waals surface area (Å²) in [5.74, 6) is 1.79. The first kappa shape index (κ1) is 20.8. The molecule has 0 bridgehead atoms. The molecule has 0 amide bonds. The number of nitrogens with one attached hydrogen (secondary N) is 2. The van der Waals surface area contributed by atoms with Crippen LogP contribution in [0.25, 0.3) is 11.4 Å². The van der Waals surface area contributed by atoms with E-state index in [9.17, 15) is 4.21 Å². The number of nitrogens with zero attached hydrogens (tertiary/aromatic N) is 5. The number of pyridine rings is 2. The third kappa shape index (κ3) is 5.32. The summed E-state index contributed by atoms with van der Waals surface area (Å²) in [5, 5.41) is 3.33. The molecule has 0 aliphatic carbocycles. The van der Waals surface area contributed by atoms with Crippen LogP contribution in [0.3, 0.4) is 0 Å². The number of aryl methyl sites for hydroxylation is 1. The highest BCUT2D eigenvalue weighted by atomic mass is 35.5. The topological polar surface area (TPSA) is 161 Å². The summed E-state index contributed by atoms with van der Waals surface area (Å²) in [6.45, 7) is 1.76. The Labute approximate surface area is 173 Å². The minimum Gasteiger partial charge on any atom is -0.495 e. The van der Waals surface area contributed by atoms with Crippen molar-refractivity contribution >= 4 is 40.3 Å². The highest BCUT2D eigenvalue weighted by Gasteiger charge is 2.14. The van der Waals surface area contributed by atoms with Crippen molar-refractivity contribution in [3.8, 4) is 17.1 Å². The molecule has 0 aliphatic rings. The van der Waals surface area contributed by atoms with Gasteiger partial charge in [-0.1, -0.05) is 11.6 Å². The second-order valence-electron chi connectivity index (χ2n) is 5.70. The normalized spacial score (nSPS) is 11.9. The number of aromatic nitrogens is 5. The quantitative estimate of drug-likeness (QED) is 0.317. The van der Waals surface area contributed by atoms with Gasteiger partial charge in [-0.3, -0.25) is 4.55 Å². The monoisotopic (exact) mass is 436 g/mol. The molecule has 152 valence electrons. The molecule has 3 aromatic rings. The van der Waals surface area contributed by atoms with Gasteiger partial charge in [0.15, 0.2) is 5.82 Å². The number of nitrogen functional groups attached to an aromatic ring is 1. The van der Waals surface area contributed by atoms with Gasteiger partial charge in [-0.25, -0.2) is 23.9 Å². The number of hydrogen-bond donors (Lipinski definition) is 4. The Balaban J connectivity index is 1.99. The summed E-state index contributed by atoms with van der Waals surface area (Å²) < 4.78 is 27.4. The van der Waals surface area contributed by atoms with Crippen molar-refractivity contribution in [2.45, 2.75) is 13.5 Å². The maximum absolute atomic E-state index is 10.8. The van der Waals surface area contributed by atoms with Crippen LogP contribution in [0.2, 0.25) is 5.15 Å². The molecule has 3 rings (SSSR count). The largest absolute Gasteiger partial charge is 0.495 e. The van der Waals surface area contributed by atoms with E-state index in [0.29, 0.717) is 40.0 Å². The lowest BCUT2D eigenvalue weighted by atomic mass is 10.2. The molecule has 5 N–H and O–H groups in total. The van der Waals surface area contributed by atoms with E-state index in [1.807, 2.05) is 0 Å². The molecule has 29 heavy (non-hydrogen) atoms. The summed E-state index contributed by atoms with van der Waals surface area (Å²) >= 11 is 3.88. The predicted molar refractivity (Wildman–Crippen MR) is 109 cm³/mol. The average molecular weight is 437 g/mol. The van der Waals surface area contributed by atoms with Crippen LogP contribution in [0.1, 0.15) is 11.4 Å². The SMILES string of the molecule is COc1cnc(Nc2cnc(Cl)c(CNS(=O)O)c2)c(-c2nc(C)nc(N)n2)c1. The Hall–Kier alpha value is -2.93. The minimum absolute atomic E-state index is 0.0521. The van der Waals surface area contributed by atoms with Gasteiger partial charge in [0, 0.05) is 12.1 Å². The van der Waals surface area contributed by atoms with Crippen molar-refractivity contribution in [1.29, 1.82) is 0 Å². The number of hydrogen-bond acceptors (Lipinski definition) is 9. The molecule has 0 radical (unpaired) electrons. The van der Waals surface area contributed by atoms with E-state index in [4.69, 9.17) is 26.6 Å². The third-order valence-corrected chi connectivity index (χ3v) is 4.40. The van der Waals surface area contributed by atoms with Gasteiger partial charge in [-0.2, -0.15) is 9.97 Å². The molecule has 3 aromatic heterocycles. The number of rotatable bonds is 7. The molecule has 13 heteroatoms.